The minimum atomic E-state index is -3.56. The first-order valence-corrected chi connectivity index (χ1v) is 14.1. The molecule has 1 N–H and O–H groups in total. The lowest BCUT2D eigenvalue weighted by Crippen LogP contribution is -2.50. The van der Waals surface area contributed by atoms with E-state index < -0.39 is 16.1 Å². The van der Waals surface area contributed by atoms with Gasteiger partial charge in [-0.1, -0.05) is 42.3 Å². The van der Waals surface area contributed by atoms with E-state index in [-0.39, 0.29) is 43.8 Å². The van der Waals surface area contributed by atoms with Gasteiger partial charge in [0, 0.05) is 35.6 Å². The van der Waals surface area contributed by atoms with Gasteiger partial charge in [-0.3, -0.25) is 13.9 Å². The van der Waals surface area contributed by atoms with Crippen LogP contribution >= 0.6 is 23.2 Å². The first-order valence-electron chi connectivity index (χ1n) is 11.5. The predicted octanol–water partition coefficient (Wildman–Crippen LogP) is 4.87. The van der Waals surface area contributed by atoms with Crippen molar-refractivity contribution in [2.24, 2.45) is 0 Å². The molecule has 35 heavy (non-hydrogen) atoms. The first kappa shape index (κ1) is 28.9. The van der Waals surface area contributed by atoms with Crippen LogP contribution in [0, 0.1) is 0 Å². The molecule has 0 fully saturated rings. The van der Waals surface area contributed by atoms with Crippen LogP contribution in [0.5, 0.6) is 0 Å². The van der Waals surface area contributed by atoms with E-state index in [0.29, 0.717) is 22.2 Å². The molecule has 1 atom stereocenters. The number of amides is 2. The Labute approximate surface area is 218 Å². The minimum Gasteiger partial charge on any atom is -0.352 e. The summed E-state index contributed by atoms with van der Waals surface area (Å²) in [5.41, 5.74) is 1.32. The molecule has 2 aromatic rings. The fraction of sp³-hybridized carbons (Fsp3) is 0.440. The van der Waals surface area contributed by atoms with E-state index in [9.17, 15) is 18.0 Å². The lowest BCUT2D eigenvalue weighted by Gasteiger charge is -2.31. The van der Waals surface area contributed by atoms with Crippen molar-refractivity contribution in [2.45, 2.75) is 58.7 Å². The highest BCUT2D eigenvalue weighted by molar-refractivity contribution is 7.92. The van der Waals surface area contributed by atoms with Gasteiger partial charge in [0.05, 0.1) is 11.9 Å². The van der Waals surface area contributed by atoms with Gasteiger partial charge in [0.1, 0.15) is 6.04 Å². The molecular formula is C25H33Cl2N3O4S. The first-order chi connectivity index (χ1) is 16.4. The summed E-state index contributed by atoms with van der Waals surface area (Å²) in [5.74, 6) is -0.445. The molecule has 1 unspecified atom stereocenters. The SMILES string of the molecule is CCC(C(=O)NC(C)C)N(Cc1ccc(Cl)cc1)C(=O)CCCN(c1ccc(Cl)cc1)S(C)(=O)=O. The van der Waals surface area contributed by atoms with Crippen molar-refractivity contribution in [3.05, 3.63) is 64.1 Å². The standard InChI is InChI=1S/C25H33Cl2N3O4S/c1-5-23(25(32)28-18(2)3)29(17-19-8-10-20(26)11-9-19)24(31)7-6-16-30(35(4,33)34)22-14-12-21(27)13-15-22/h8-15,18,23H,5-7,16-17H2,1-4H3,(H,28,32). The van der Waals surface area contributed by atoms with Crippen LogP contribution in [-0.2, 0) is 26.2 Å². The second kappa shape index (κ2) is 13.1. The van der Waals surface area contributed by atoms with Crippen molar-refractivity contribution < 1.29 is 18.0 Å². The molecule has 0 bridgehead atoms. The van der Waals surface area contributed by atoms with Gasteiger partial charge in [0.2, 0.25) is 21.8 Å². The van der Waals surface area contributed by atoms with Crippen LogP contribution in [0.2, 0.25) is 10.0 Å². The van der Waals surface area contributed by atoms with Crippen LogP contribution in [-0.4, -0.2) is 50.0 Å². The van der Waals surface area contributed by atoms with E-state index in [4.69, 9.17) is 23.2 Å². The quantitative estimate of drug-likeness (QED) is 0.415. The molecule has 2 rings (SSSR count). The molecule has 0 saturated carbocycles. The molecule has 0 aliphatic rings. The highest BCUT2D eigenvalue weighted by atomic mass is 35.5. The Bertz CT molecular complexity index is 1090. The smallest absolute Gasteiger partial charge is 0.243 e. The topological polar surface area (TPSA) is 86.8 Å². The van der Waals surface area contributed by atoms with E-state index in [1.807, 2.05) is 32.9 Å². The lowest BCUT2D eigenvalue weighted by molar-refractivity contribution is -0.141. The minimum absolute atomic E-state index is 0.0632. The third-order valence-corrected chi connectivity index (χ3v) is 7.05. The second-order valence-electron chi connectivity index (χ2n) is 8.65. The third-order valence-electron chi connectivity index (χ3n) is 5.35. The van der Waals surface area contributed by atoms with Crippen LogP contribution in [0.4, 0.5) is 5.69 Å². The Balaban J connectivity index is 2.20. The van der Waals surface area contributed by atoms with Crippen molar-refractivity contribution in [1.29, 1.82) is 0 Å². The number of anilines is 1. The van der Waals surface area contributed by atoms with Crippen molar-refractivity contribution in [3.63, 3.8) is 0 Å². The number of rotatable bonds is 12. The molecular weight excluding hydrogens is 509 g/mol. The summed E-state index contributed by atoms with van der Waals surface area (Å²) in [5, 5.41) is 3.98. The average Bonchev–Trinajstić information content (AvgIpc) is 2.77. The predicted molar refractivity (Wildman–Crippen MR) is 142 cm³/mol. The summed E-state index contributed by atoms with van der Waals surface area (Å²) in [6.07, 6.45) is 1.93. The van der Waals surface area contributed by atoms with Crippen molar-refractivity contribution in [2.75, 3.05) is 17.1 Å². The molecule has 2 amide bonds. The van der Waals surface area contributed by atoms with Gasteiger partial charge in [-0.15, -0.1) is 0 Å². The zero-order chi connectivity index (χ0) is 26.2. The van der Waals surface area contributed by atoms with Crippen LogP contribution in [0.3, 0.4) is 0 Å². The van der Waals surface area contributed by atoms with Gasteiger partial charge < -0.3 is 10.2 Å². The Hall–Kier alpha value is -2.29. The molecule has 0 heterocycles. The van der Waals surface area contributed by atoms with E-state index in [1.165, 1.54) is 4.31 Å². The number of halogens is 2. The Morgan fingerprint density at radius 2 is 1.51 bits per heavy atom. The van der Waals surface area contributed by atoms with E-state index in [2.05, 4.69) is 5.32 Å². The summed E-state index contributed by atoms with van der Waals surface area (Å²) < 4.78 is 26.0. The summed E-state index contributed by atoms with van der Waals surface area (Å²) >= 11 is 11.9. The number of nitrogens with one attached hydrogen (secondary N) is 1. The third kappa shape index (κ3) is 9.02. The van der Waals surface area contributed by atoms with E-state index in [0.717, 1.165) is 11.8 Å². The van der Waals surface area contributed by atoms with Gasteiger partial charge in [-0.25, -0.2) is 8.42 Å². The fourth-order valence-corrected chi connectivity index (χ4v) is 4.92. The van der Waals surface area contributed by atoms with Crippen molar-refractivity contribution >= 4 is 50.7 Å². The molecule has 192 valence electrons. The summed E-state index contributed by atoms with van der Waals surface area (Å²) in [6, 6.07) is 12.9. The number of sulfonamides is 1. The molecule has 10 heteroatoms. The number of carbonyl (C=O) groups is 2. The summed E-state index contributed by atoms with van der Waals surface area (Å²) in [4.78, 5) is 27.8. The number of nitrogens with zero attached hydrogens (tertiary/aromatic N) is 2. The molecule has 7 nitrogen and oxygen atoms in total. The lowest BCUT2D eigenvalue weighted by atomic mass is 10.1. The molecule has 0 spiro atoms. The molecule has 0 aliphatic heterocycles. The maximum Gasteiger partial charge on any atom is 0.243 e. The Morgan fingerprint density at radius 3 is 2.00 bits per heavy atom. The van der Waals surface area contributed by atoms with Gasteiger partial charge in [-0.05, 0) is 68.7 Å². The van der Waals surface area contributed by atoms with Crippen LogP contribution in [0.1, 0.15) is 45.6 Å². The average molecular weight is 543 g/mol. The molecule has 2 aromatic carbocycles. The van der Waals surface area contributed by atoms with Crippen molar-refractivity contribution in [3.8, 4) is 0 Å². The molecule has 0 radical (unpaired) electrons. The zero-order valence-electron chi connectivity index (χ0n) is 20.5. The highest BCUT2D eigenvalue weighted by Gasteiger charge is 2.29. The Kier molecular flexibility index (Phi) is 10.9. The van der Waals surface area contributed by atoms with E-state index >= 15 is 0 Å². The zero-order valence-corrected chi connectivity index (χ0v) is 22.8. The maximum atomic E-state index is 13.4. The maximum absolute atomic E-state index is 13.4. The fourth-order valence-electron chi connectivity index (χ4n) is 3.70. The van der Waals surface area contributed by atoms with Gasteiger partial charge in [0.25, 0.3) is 0 Å². The van der Waals surface area contributed by atoms with Gasteiger partial charge in [0.15, 0.2) is 0 Å². The van der Waals surface area contributed by atoms with Gasteiger partial charge in [-0.2, -0.15) is 0 Å². The second-order valence-corrected chi connectivity index (χ2v) is 11.4. The van der Waals surface area contributed by atoms with Crippen LogP contribution in [0.25, 0.3) is 0 Å². The molecule has 0 saturated heterocycles. The normalized spacial score (nSPS) is 12.3. The number of hydrogen-bond donors (Lipinski definition) is 1. The molecule has 0 aliphatic carbocycles. The number of benzene rings is 2. The molecule has 0 aromatic heterocycles. The van der Waals surface area contributed by atoms with Gasteiger partial charge >= 0.3 is 0 Å². The number of hydrogen-bond acceptors (Lipinski definition) is 4. The Morgan fingerprint density at radius 1 is 0.971 bits per heavy atom. The van der Waals surface area contributed by atoms with Crippen LogP contribution < -0.4 is 9.62 Å². The van der Waals surface area contributed by atoms with E-state index in [1.54, 1.807) is 41.3 Å². The number of carbonyl (C=O) groups excluding carboxylic acids is 2. The van der Waals surface area contributed by atoms with Crippen LogP contribution in [0.15, 0.2) is 48.5 Å². The summed E-state index contributed by atoms with van der Waals surface area (Å²) in [7, 11) is -3.56. The van der Waals surface area contributed by atoms with Crippen molar-refractivity contribution in [1.82, 2.24) is 10.2 Å². The summed E-state index contributed by atoms with van der Waals surface area (Å²) in [6.45, 7) is 5.96. The largest absolute Gasteiger partial charge is 0.352 e. The highest BCUT2D eigenvalue weighted by Crippen LogP contribution is 2.22. The monoisotopic (exact) mass is 541 g/mol.